The molecule has 0 aliphatic carbocycles. The Morgan fingerprint density at radius 1 is 1.05 bits per heavy atom. The van der Waals surface area contributed by atoms with Crippen LogP contribution < -0.4 is 0 Å². The van der Waals surface area contributed by atoms with Crippen molar-refractivity contribution in [3.63, 3.8) is 0 Å². The number of hydrogen-bond donors (Lipinski definition) is 0. The summed E-state index contributed by atoms with van der Waals surface area (Å²) in [4.78, 5) is 5.13. The molecule has 2 bridgehead atoms. The normalized spacial score (nSPS) is 26.8. The van der Waals surface area contributed by atoms with Crippen molar-refractivity contribution in [3.05, 3.63) is 35.9 Å². The summed E-state index contributed by atoms with van der Waals surface area (Å²) in [6.45, 7) is 4.27. The first-order valence-corrected chi connectivity index (χ1v) is 7.37. The lowest BCUT2D eigenvalue weighted by molar-refractivity contribution is -0.120. The summed E-state index contributed by atoms with van der Waals surface area (Å²) in [5, 5.41) is 0. The molecule has 2 saturated heterocycles. The molecule has 1 aromatic rings. The Bertz CT molecular complexity index is 422. The Kier molecular flexibility index (Phi) is 4.36. The highest BCUT2D eigenvalue weighted by molar-refractivity contribution is 5.15. The molecule has 2 heterocycles. The van der Waals surface area contributed by atoms with Gasteiger partial charge in [-0.3, -0.25) is 9.80 Å². The molecule has 2 aliphatic heterocycles. The molecular weight excluding hydrogens is 252 g/mol. The summed E-state index contributed by atoms with van der Waals surface area (Å²) < 4.78 is 10.6. The standard InChI is InChI=1S/C16H24N2O2/c1-19-16(20-2)12-18-11-14-8-15(18)10-17(14)9-13-6-4-3-5-7-13/h3-7,14-16H,8-12H2,1-2H3. The van der Waals surface area contributed by atoms with Crippen LogP contribution in [0.2, 0.25) is 0 Å². The highest BCUT2D eigenvalue weighted by atomic mass is 16.7. The van der Waals surface area contributed by atoms with Crippen LogP contribution in [-0.4, -0.2) is 62.0 Å². The average Bonchev–Trinajstić information content (AvgIpc) is 3.05. The van der Waals surface area contributed by atoms with Gasteiger partial charge in [0.15, 0.2) is 6.29 Å². The molecule has 3 rings (SSSR count). The molecule has 2 atom stereocenters. The van der Waals surface area contributed by atoms with Gasteiger partial charge in [-0.25, -0.2) is 0 Å². The first-order chi connectivity index (χ1) is 9.80. The summed E-state index contributed by atoms with van der Waals surface area (Å²) >= 11 is 0. The van der Waals surface area contributed by atoms with Crippen molar-refractivity contribution < 1.29 is 9.47 Å². The van der Waals surface area contributed by atoms with Crippen LogP contribution in [0, 0.1) is 0 Å². The second-order valence-corrected chi connectivity index (χ2v) is 5.81. The molecule has 0 aromatic heterocycles. The second kappa shape index (κ2) is 6.22. The van der Waals surface area contributed by atoms with E-state index in [1.165, 1.54) is 18.5 Å². The van der Waals surface area contributed by atoms with Crippen molar-refractivity contribution in [2.45, 2.75) is 31.3 Å². The van der Waals surface area contributed by atoms with Crippen molar-refractivity contribution in [2.24, 2.45) is 0 Å². The van der Waals surface area contributed by atoms with Gasteiger partial charge in [-0.2, -0.15) is 0 Å². The van der Waals surface area contributed by atoms with Crippen LogP contribution in [0.3, 0.4) is 0 Å². The largest absolute Gasteiger partial charge is 0.355 e. The maximum Gasteiger partial charge on any atom is 0.169 e. The number of likely N-dealkylation sites (tertiary alicyclic amines) is 2. The van der Waals surface area contributed by atoms with Gasteiger partial charge in [0.1, 0.15) is 0 Å². The molecule has 4 nitrogen and oxygen atoms in total. The minimum atomic E-state index is -0.100. The number of rotatable bonds is 6. The molecule has 1 aromatic carbocycles. The van der Waals surface area contributed by atoms with E-state index < -0.39 is 0 Å². The van der Waals surface area contributed by atoms with Gasteiger partial charge < -0.3 is 9.47 Å². The zero-order valence-corrected chi connectivity index (χ0v) is 12.4. The fourth-order valence-corrected chi connectivity index (χ4v) is 3.50. The zero-order chi connectivity index (χ0) is 13.9. The first kappa shape index (κ1) is 14.0. The van der Waals surface area contributed by atoms with E-state index in [1.807, 2.05) is 0 Å². The van der Waals surface area contributed by atoms with Crippen LogP contribution in [0.4, 0.5) is 0 Å². The lowest BCUT2D eigenvalue weighted by Gasteiger charge is -2.35. The van der Waals surface area contributed by atoms with Crippen LogP contribution in [0.15, 0.2) is 30.3 Å². The lowest BCUT2D eigenvalue weighted by atomic mass is 10.2. The molecule has 4 heteroatoms. The molecule has 20 heavy (non-hydrogen) atoms. The first-order valence-electron chi connectivity index (χ1n) is 7.37. The van der Waals surface area contributed by atoms with E-state index in [1.54, 1.807) is 14.2 Å². The van der Waals surface area contributed by atoms with E-state index in [4.69, 9.17) is 9.47 Å². The van der Waals surface area contributed by atoms with Crippen molar-refractivity contribution in [1.82, 2.24) is 9.80 Å². The third-order valence-corrected chi connectivity index (χ3v) is 4.61. The number of ether oxygens (including phenoxy) is 2. The lowest BCUT2D eigenvalue weighted by Crippen LogP contribution is -2.48. The predicted octanol–water partition coefficient (Wildman–Crippen LogP) is 1.56. The molecule has 0 amide bonds. The molecule has 2 unspecified atom stereocenters. The summed E-state index contributed by atoms with van der Waals surface area (Å²) in [6, 6.07) is 12.1. The van der Waals surface area contributed by atoms with Crippen LogP contribution in [-0.2, 0) is 16.0 Å². The van der Waals surface area contributed by atoms with Gasteiger partial charge in [-0.1, -0.05) is 30.3 Å². The minimum absolute atomic E-state index is 0.100. The van der Waals surface area contributed by atoms with E-state index in [0.29, 0.717) is 12.1 Å². The molecular formula is C16H24N2O2. The highest BCUT2D eigenvalue weighted by Gasteiger charge is 2.43. The van der Waals surface area contributed by atoms with Gasteiger partial charge in [0.05, 0.1) is 0 Å². The monoisotopic (exact) mass is 276 g/mol. The summed E-state index contributed by atoms with van der Waals surface area (Å²) in [7, 11) is 3.43. The zero-order valence-electron chi connectivity index (χ0n) is 12.4. The van der Waals surface area contributed by atoms with Crippen molar-refractivity contribution in [1.29, 1.82) is 0 Å². The molecule has 0 saturated carbocycles. The van der Waals surface area contributed by atoms with Gasteiger partial charge in [0.25, 0.3) is 0 Å². The minimum Gasteiger partial charge on any atom is -0.355 e. The van der Waals surface area contributed by atoms with Gasteiger partial charge >= 0.3 is 0 Å². The molecule has 0 spiro atoms. The molecule has 0 radical (unpaired) electrons. The molecule has 2 aliphatic rings. The summed E-state index contributed by atoms with van der Waals surface area (Å²) in [5.74, 6) is 0. The van der Waals surface area contributed by atoms with Crippen molar-refractivity contribution >= 4 is 0 Å². The quantitative estimate of drug-likeness (QED) is 0.736. The Hall–Kier alpha value is -0.940. The number of hydrogen-bond acceptors (Lipinski definition) is 4. The Morgan fingerprint density at radius 2 is 1.70 bits per heavy atom. The summed E-state index contributed by atoms with van der Waals surface area (Å²) in [6.07, 6.45) is 1.18. The Morgan fingerprint density at radius 3 is 2.30 bits per heavy atom. The van der Waals surface area contributed by atoms with E-state index in [9.17, 15) is 0 Å². The second-order valence-electron chi connectivity index (χ2n) is 5.81. The molecule has 2 fully saturated rings. The molecule has 110 valence electrons. The number of piperazine rings is 1. The SMILES string of the molecule is COC(CN1CC2CC1CN2Cc1ccccc1)OC. The Labute approximate surface area is 121 Å². The predicted molar refractivity (Wildman–Crippen MR) is 78.4 cm³/mol. The van der Waals surface area contributed by atoms with Gasteiger partial charge in [0.2, 0.25) is 0 Å². The van der Waals surface area contributed by atoms with E-state index in [-0.39, 0.29) is 6.29 Å². The number of fused-ring (bicyclic) bond motifs is 2. The maximum atomic E-state index is 5.31. The third-order valence-electron chi connectivity index (χ3n) is 4.61. The van der Waals surface area contributed by atoms with Gasteiger partial charge in [-0.05, 0) is 12.0 Å². The number of nitrogens with zero attached hydrogens (tertiary/aromatic N) is 2. The van der Waals surface area contributed by atoms with Gasteiger partial charge in [0, 0.05) is 52.5 Å². The van der Waals surface area contributed by atoms with Gasteiger partial charge in [-0.15, -0.1) is 0 Å². The van der Waals surface area contributed by atoms with E-state index in [2.05, 4.69) is 40.1 Å². The van der Waals surface area contributed by atoms with Crippen molar-refractivity contribution in [2.75, 3.05) is 33.9 Å². The van der Waals surface area contributed by atoms with Crippen LogP contribution in [0.25, 0.3) is 0 Å². The van der Waals surface area contributed by atoms with Crippen LogP contribution in [0.1, 0.15) is 12.0 Å². The topological polar surface area (TPSA) is 24.9 Å². The summed E-state index contributed by atoms with van der Waals surface area (Å²) in [5.41, 5.74) is 1.42. The number of benzene rings is 1. The molecule has 0 N–H and O–H groups in total. The smallest absolute Gasteiger partial charge is 0.169 e. The highest BCUT2D eigenvalue weighted by Crippen LogP contribution is 2.31. The van der Waals surface area contributed by atoms with Crippen LogP contribution >= 0.6 is 0 Å². The number of methoxy groups -OCH3 is 2. The average molecular weight is 276 g/mol. The van der Waals surface area contributed by atoms with E-state index in [0.717, 1.165) is 19.6 Å². The fourth-order valence-electron chi connectivity index (χ4n) is 3.50. The van der Waals surface area contributed by atoms with Crippen LogP contribution in [0.5, 0.6) is 0 Å². The Balaban J connectivity index is 1.54. The van der Waals surface area contributed by atoms with Crippen molar-refractivity contribution in [3.8, 4) is 0 Å². The third kappa shape index (κ3) is 2.88. The fraction of sp³-hybridized carbons (Fsp3) is 0.625. The van der Waals surface area contributed by atoms with E-state index >= 15 is 0 Å². The maximum absolute atomic E-state index is 5.31.